The van der Waals surface area contributed by atoms with Crippen LogP contribution in [0.2, 0.25) is 0 Å². The maximum absolute atomic E-state index is 4.90. The summed E-state index contributed by atoms with van der Waals surface area (Å²) in [5, 5.41) is 7.11. The maximum atomic E-state index is 4.90. The van der Waals surface area contributed by atoms with Crippen LogP contribution in [0.15, 0.2) is 58.5 Å². The Morgan fingerprint density at radius 3 is 1.20 bits per heavy atom. The first-order valence-corrected chi connectivity index (χ1v) is 11.1. The monoisotopic (exact) mass is 406 g/mol. The fourth-order valence-electron chi connectivity index (χ4n) is 3.28. The van der Waals surface area contributed by atoms with Gasteiger partial charge in [-0.1, -0.05) is 48.5 Å². The lowest BCUT2D eigenvalue weighted by Crippen LogP contribution is -2.33. The van der Waals surface area contributed by atoms with Crippen LogP contribution in [-0.4, -0.2) is 35.8 Å². The van der Waals surface area contributed by atoms with Gasteiger partial charge in [-0.3, -0.25) is 9.98 Å². The molecule has 0 aromatic heterocycles. The zero-order valence-corrected chi connectivity index (χ0v) is 19.8. The van der Waals surface area contributed by atoms with Gasteiger partial charge in [0, 0.05) is 35.3 Å². The number of nitrogens with one attached hydrogen (secondary N) is 2. The molecule has 162 valence electrons. The van der Waals surface area contributed by atoms with Gasteiger partial charge < -0.3 is 10.6 Å². The fourth-order valence-corrected chi connectivity index (χ4v) is 3.28. The molecular formula is C26H38N4. The third-order valence-electron chi connectivity index (χ3n) is 4.28. The van der Waals surface area contributed by atoms with E-state index >= 15 is 0 Å². The zero-order chi connectivity index (χ0) is 22.3. The number of aliphatic imine (C=N–C) groups is 2. The van der Waals surface area contributed by atoms with E-state index in [1.807, 2.05) is 0 Å². The van der Waals surface area contributed by atoms with Crippen molar-refractivity contribution in [2.45, 2.75) is 79.6 Å². The predicted molar refractivity (Wildman–Crippen MR) is 132 cm³/mol. The molecule has 2 aromatic rings. The minimum absolute atomic E-state index is 0.204. The molecule has 0 bridgehead atoms. The number of benzene rings is 2. The van der Waals surface area contributed by atoms with Gasteiger partial charge in [-0.05, 0) is 66.5 Å². The minimum Gasteiger partial charge on any atom is -0.368 e. The van der Waals surface area contributed by atoms with Crippen molar-refractivity contribution in [1.82, 2.24) is 10.6 Å². The Bertz CT molecular complexity index is 803. The predicted octanol–water partition coefficient (Wildman–Crippen LogP) is 5.66. The topological polar surface area (TPSA) is 48.8 Å². The molecule has 0 heterocycles. The molecule has 0 amide bonds. The molecule has 0 radical (unpaired) electrons. The molecule has 0 unspecified atom stereocenters. The van der Waals surface area contributed by atoms with E-state index in [4.69, 9.17) is 9.98 Å². The van der Waals surface area contributed by atoms with Crippen LogP contribution < -0.4 is 10.6 Å². The van der Waals surface area contributed by atoms with Crippen LogP contribution in [-0.2, 0) is 0 Å². The summed E-state index contributed by atoms with van der Waals surface area (Å²) < 4.78 is 0. The number of rotatable bonds is 7. The van der Waals surface area contributed by atoms with Gasteiger partial charge in [-0.15, -0.1) is 0 Å². The maximum Gasteiger partial charge on any atom is 0.129 e. The Labute approximate surface area is 182 Å². The van der Waals surface area contributed by atoms with Crippen molar-refractivity contribution >= 4 is 11.7 Å². The summed E-state index contributed by atoms with van der Waals surface area (Å²) in [6.45, 7) is 17.0. The van der Waals surface area contributed by atoms with Crippen LogP contribution in [0, 0.1) is 0 Å². The van der Waals surface area contributed by atoms with E-state index in [9.17, 15) is 0 Å². The summed E-state index contributed by atoms with van der Waals surface area (Å²) in [7, 11) is 0. The summed E-state index contributed by atoms with van der Waals surface area (Å²) >= 11 is 0. The first-order valence-electron chi connectivity index (χ1n) is 11.1. The van der Waals surface area contributed by atoms with E-state index in [0.29, 0.717) is 12.1 Å². The van der Waals surface area contributed by atoms with Crippen molar-refractivity contribution < 1.29 is 0 Å². The van der Waals surface area contributed by atoms with Gasteiger partial charge >= 0.3 is 0 Å². The number of hydrogen-bond acceptors (Lipinski definition) is 2. The lowest BCUT2D eigenvalue weighted by Gasteiger charge is -2.21. The van der Waals surface area contributed by atoms with Crippen molar-refractivity contribution in [2.24, 2.45) is 9.98 Å². The van der Waals surface area contributed by atoms with Gasteiger partial charge in [0.15, 0.2) is 0 Å². The van der Waals surface area contributed by atoms with E-state index < -0.39 is 0 Å². The van der Waals surface area contributed by atoms with Crippen LogP contribution >= 0.6 is 0 Å². The highest BCUT2D eigenvalue weighted by Gasteiger charge is 2.17. The molecule has 0 saturated heterocycles. The van der Waals surface area contributed by atoms with E-state index in [2.05, 4.69) is 115 Å². The van der Waals surface area contributed by atoms with E-state index in [1.54, 1.807) is 0 Å². The molecule has 0 aliphatic rings. The Balaban J connectivity index is 2.70. The van der Waals surface area contributed by atoms with Crippen LogP contribution in [0.3, 0.4) is 0 Å². The highest BCUT2D eigenvalue weighted by molar-refractivity contribution is 6.09. The first kappa shape index (κ1) is 23.7. The Morgan fingerprint density at radius 2 is 0.900 bits per heavy atom. The quantitative estimate of drug-likeness (QED) is 0.460. The SMILES string of the molecule is CC(C)N=C(NC(C)C)c1ccccc1-c1ccccc1C(=NC(C)C)NC(C)C. The highest BCUT2D eigenvalue weighted by atomic mass is 15.0. The molecular weight excluding hydrogens is 368 g/mol. The summed E-state index contributed by atoms with van der Waals surface area (Å²) in [5.74, 6) is 1.87. The van der Waals surface area contributed by atoms with Gasteiger partial charge in [0.2, 0.25) is 0 Å². The lowest BCUT2D eigenvalue weighted by atomic mass is 9.93. The van der Waals surface area contributed by atoms with Crippen molar-refractivity contribution in [2.75, 3.05) is 0 Å². The van der Waals surface area contributed by atoms with Gasteiger partial charge in [0.05, 0.1) is 0 Å². The van der Waals surface area contributed by atoms with Gasteiger partial charge in [0.25, 0.3) is 0 Å². The molecule has 4 nitrogen and oxygen atoms in total. The van der Waals surface area contributed by atoms with Crippen molar-refractivity contribution in [3.8, 4) is 11.1 Å². The molecule has 2 aromatic carbocycles. The molecule has 0 fully saturated rings. The molecule has 0 saturated carbocycles. The molecule has 2 N–H and O–H groups in total. The average molecular weight is 407 g/mol. The number of amidine groups is 2. The Morgan fingerprint density at radius 1 is 0.567 bits per heavy atom. The number of nitrogens with zero attached hydrogens (tertiary/aromatic N) is 2. The molecule has 0 aliphatic carbocycles. The Hall–Kier alpha value is -2.62. The number of hydrogen-bond donors (Lipinski definition) is 2. The summed E-state index contributed by atoms with van der Waals surface area (Å²) in [4.78, 5) is 9.81. The van der Waals surface area contributed by atoms with Crippen molar-refractivity contribution in [3.63, 3.8) is 0 Å². The molecule has 0 spiro atoms. The van der Waals surface area contributed by atoms with E-state index in [1.165, 1.54) is 0 Å². The Kier molecular flexibility index (Phi) is 8.64. The second-order valence-electron chi connectivity index (χ2n) is 8.83. The minimum atomic E-state index is 0.204. The molecule has 30 heavy (non-hydrogen) atoms. The average Bonchev–Trinajstić information content (AvgIpc) is 2.65. The van der Waals surface area contributed by atoms with Crippen LogP contribution in [0.25, 0.3) is 11.1 Å². The van der Waals surface area contributed by atoms with Gasteiger partial charge in [0.1, 0.15) is 11.7 Å². The zero-order valence-electron chi connectivity index (χ0n) is 19.8. The molecule has 4 heteroatoms. The van der Waals surface area contributed by atoms with Crippen LogP contribution in [0.1, 0.15) is 66.5 Å². The van der Waals surface area contributed by atoms with Crippen molar-refractivity contribution in [3.05, 3.63) is 59.7 Å². The molecule has 0 aliphatic heterocycles. The third kappa shape index (κ3) is 6.72. The summed E-state index contributed by atoms with van der Waals surface area (Å²) in [6, 6.07) is 18.0. The van der Waals surface area contributed by atoms with Gasteiger partial charge in [-0.2, -0.15) is 0 Å². The molecule has 0 atom stereocenters. The van der Waals surface area contributed by atoms with E-state index in [0.717, 1.165) is 33.9 Å². The first-order chi connectivity index (χ1) is 14.2. The standard InChI is InChI=1S/C26H38N4/c1-17(2)27-25(28-18(3)4)23-15-11-9-13-21(23)22-14-10-12-16-24(22)26(29-19(5)6)30-20(7)8/h9-20H,1-8H3,(H,27,28)(H,29,30). The van der Waals surface area contributed by atoms with Crippen LogP contribution in [0.5, 0.6) is 0 Å². The third-order valence-corrected chi connectivity index (χ3v) is 4.28. The molecule has 2 rings (SSSR count). The smallest absolute Gasteiger partial charge is 0.129 e. The highest BCUT2D eigenvalue weighted by Crippen LogP contribution is 2.28. The normalized spacial score (nSPS) is 12.9. The largest absolute Gasteiger partial charge is 0.368 e. The van der Waals surface area contributed by atoms with Gasteiger partial charge in [-0.25, -0.2) is 0 Å². The second-order valence-corrected chi connectivity index (χ2v) is 8.83. The summed E-state index contributed by atoms with van der Waals surface area (Å²) in [5.41, 5.74) is 4.53. The van der Waals surface area contributed by atoms with Crippen molar-refractivity contribution in [1.29, 1.82) is 0 Å². The fraction of sp³-hybridized carbons (Fsp3) is 0.462. The second kappa shape index (κ2) is 11.0. The lowest BCUT2D eigenvalue weighted by molar-refractivity contribution is 0.718. The van der Waals surface area contributed by atoms with E-state index in [-0.39, 0.29) is 12.1 Å². The summed E-state index contributed by atoms with van der Waals surface area (Å²) in [6.07, 6.45) is 0. The van der Waals surface area contributed by atoms with Crippen LogP contribution in [0.4, 0.5) is 0 Å².